The number of nitrogens with two attached hydrogens (primary N) is 1. The molecule has 1 fully saturated rings. The fourth-order valence-electron chi connectivity index (χ4n) is 2.05. The first-order valence-electron chi connectivity index (χ1n) is 6.73. The summed E-state index contributed by atoms with van der Waals surface area (Å²) >= 11 is 0. The van der Waals surface area contributed by atoms with Gasteiger partial charge < -0.3 is 11.1 Å². The molecule has 106 valence electrons. The van der Waals surface area contributed by atoms with E-state index in [1.807, 2.05) is 19.1 Å². The van der Waals surface area contributed by atoms with Crippen molar-refractivity contribution >= 4 is 11.8 Å². The van der Waals surface area contributed by atoms with Gasteiger partial charge in [0.1, 0.15) is 0 Å². The number of amides is 2. The molecule has 5 nitrogen and oxygen atoms in total. The molecule has 0 aromatic carbocycles. The molecule has 1 heterocycles. The van der Waals surface area contributed by atoms with Gasteiger partial charge in [0.15, 0.2) is 0 Å². The summed E-state index contributed by atoms with van der Waals surface area (Å²) in [6.07, 6.45) is 4.62. The molecule has 0 aliphatic carbocycles. The molecular weight excluding hydrogens is 242 g/mol. The van der Waals surface area contributed by atoms with Gasteiger partial charge in [0.05, 0.1) is 5.92 Å². The van der Waals surface area contributed by atoms with E-state index in [9.17, 15) is 9.59 Å². The highest BCUT2D eigenvalue weighted by Gasteiger charge is 2.37. The number of nitrogens with zero attached hydrogens (tertiary/aromatic N) is 1. The number of carbonyl (C=O) groups excluding carboxylic acids is 2. The largest absolute Gasteiger partial charge is 0.329 e. The van der Waals surface area contributed by atoms with Gasteiger partial charge in [-0.15, -0.1) is 0 Å². The first-order valence-corrected chi connectivity index (χ1v) is 6.73. The van der Waals surface area contributed by atoms with E-state index in [-0.39, 0.29) is 23.7 Å². The van der Waals surface area contributed by atoms with Crippen LogP contribution in [0.25, 0.3) is 0 Å². The zero-order valence-electron chi connectivity index (χ0n) is 11.5. The molecule has 1 aliphatic rings. The minimum Gasteiger partial charge on any atom is -0.329 e. The third-order valence-corrected chi connectivity index (χ3v) is 3.03. The van der Waals surface area contributed by atoms with E-state index >= 15 is 0 Å². The summed E-state index contributed by atoms with van der Waals surface area (Å²) < 4.78 is 0. The second-order valence-electron chi connectivity index (χ2n) is 4.85. The lowest BCUT2D eigenvalue weighted by Crippen LogP contribution is -2.37. The van der Waals surface area contributed by atoms with Gasteiger partial charge in [-0.1, -0.05) is 19.1 Å². The fraction of sp³-hybridized carbons (Fsp3) is 0.643. The van der Waals surface area contributed by atoms with Crippen LogP contribution in [0.5, 0.6) is 0 Å². The van der Waals surface area contributed by atoms with Gasteiger partial charge in [-0.25, -0.2) is 0 Å². The van der Waals surface area contributed by atoms with E-state index in [0.717, 1.165) is 0 Å². The van der Waals surface area contributed by atoms with Gasteiger partial charge >= 0.3 is 0 Å². The Hall–Kier alpha value is -1.20. The van der Waals surface area contributed by atoms with Gasteiger partial charge in [0.25, 0.3) is 0 Å². The van der Waals surface area contributed by atoms with E-state index in [0.29, 0.717) is 39.0 Å². The molecule has 0 bridgehead atoms. The molecule has 19 heavy (non-hydrogen) atoms. The zero-order chi connectivity index (χ0) is 14.3. The Morgan fingerprint density at radius 3 is 2.89 bits per heavy atom. The number of allylic oxidation sites excluding steroid dienone is 2. The lowest BCUT2D eigenvalue weighted by Gasteiger charge is -2.14. The Bertz CT molecular complexity index is 340. The van der Waals surface area contributed by atoms with E-state index < -0.39 is 0 Å². The lowest BCUT2D eigenvalue weighted by molar-refractivity contribution is -0.139. The third-order valence-electron chi connectivity index (χ3n) is 3.03. The lowest BCUT2D eigenvalue weighted by atomic mass is 10.0. The highest BCUT2D eigenvalue weighted by atomic mass is 16.2. The third kappa shape index (κ3) is 5.12. The summed E-state index contributed by atoms with van der Waals surface area (Å²) in [5.74, 6) is -0.409. The van der Waals surface area contributed by atoms with E-state index in [2.05, 4.69) is 5.32 Å². The van der Waals surface area contributed by atoms with Crippen LogP contribution in [0.2, 0.25) is 0 Å². The van der Waals surface area contributed by atoms with Crippen LogP contribution >= 0.6 is 0 Å². The molecule has 2 unspecified atom stereocenters. The van der Waals surface area contributed by atoms with Crippen LogP contribution in [0.1, 0.15) is 19.8 Å². The molecule has 5 heteroatoms. The van der Waals surface area contributed by atoms with Crippen LogP contribution in [-0.2, 0) is 9.59 Å². The maximum Gasteiger partial charge on any atom is 0.233 e. The van der Waals surface area contributed by atoms with Crippen molar-refractivity contribution in [2.24, 2.45) is 17.6 Å². The maximum atomic E-state index is 12.0. The molecule has 3 N–H and O–H groups in total. The van der Waals surface area contributed by atoms with Gasteiger partial charge in [-0.05, 0) is 19.3 Å². The predicted molar refractivity (Wildman–Crippen MR) is 74.0 cm³/mol. The molecule has 0 aromatic heterocycles. The van der Waals surface area contributed by atoms with E-state index in [1.54, 1.807) is 0 Å². The van der Waals surface area contributed by atoms with Crippen LogP contribution in [0, 0.1) is 18.8 Å². The molecule has 1 rings (SSSR count). The highest BCUT2D eigenvalue weighted by molar-refractivity contribution is 6.03. The van der Waals surface area contributed by atoms with Crippen LogP contribution in [0.4, 0.5) is 0 Å². The fourth-order valence-corrected chi connectivity index (χ4v) is 2.05. The standard InChI is InChI=1S/C14H23N3O2/c1-11(2)4-3-5-12-10-13(18)17(14(12)19)9-8-16-7-6-15/h1,3-4,11-12,16H,5-10,15H2,2H3/b4-3+. The van der Waals surface area contributed by atoms with E-state index in [1.165, 1.54) is 4.90 Å². The number of likely N-dealkylation sites (tertiary alicyclic amines) is 1. The maximum absolute atomic E-state index is 12.0. The number of hydrogen-bond donors (Lipinski definition) is 2. The SMILES string of the molecule is [CH]C(C)/C=C/CC1CC(=O)N(CCNCCN)C1=O. The highest BCUT2D eigenvalue weighted by Crippen LogP contribution is 2.22. The Balaban J connectivity index is 2.40. The minimum atomic E-state index is -0.225. The van der Waals surface area contributed by atoms with Gasteiger partial charge in [-0.3, -0.25) is 14.5 Å². The van der Waals surface area contributed by atoms with Crippen molar-refractivity contribution in [2.45, 2.75) is 19.8 Å². The quantitative estimate of drug-likeness (QED) is 0.373. The summed E-state index contributed by atoms with van der Waals surface area (Å²) in [6.45, 7) is 9.72. The molecule has 0 saturated carbocycles. The van der Waals surface area contributed by atoms with Crippen molar-refractivity contribution in [1.82, 2.24) is 10.2 Å². The van der Waals surface area contributed by atoms with Crippen LogP contribution < -0.4 is 11.1 Å². The number of nitrogens with one attached hydrogen (secondary N) is 1. The summed E-state index contributed by atoms with van der Waals surface area (Å²) in [4.78, 5) is 25.1. The monoisotopic (exact) mass is 265 g/mol. The van der Waals surface area contributed by atoms with Crippen molar-refractivity contribution < 1.29 is 9.59 Å². The number of rotatable bonds is 8. The van der Waals surface area contributed by atoms with Crippen LogP contribution in [0.3, 0.4) is 0 Å². The normalized spacial score (nSPS) is 20.2. The predicted octanol–water partition coefficient (Wildman–Crippen LogP) is 0.203. The zero-order valence-corrected chi connectivity index (χ0v) is 11.5. The molecule has 2 atom stereocenters. The Morgan fingerprint density at radius 2 is 2.26 bits per heavy atom. The van der Waals surface area contributed by atoms with E-state index in [4.69, 9.17) is 12.7 Å². The van der Waals surface area contributed by atoms with Crippen molar-refractivity contribution in [3.63, 3.8) is 0 Å². The smallest absolute Gasteiger partial charge is 0.233 e. The number of hydrogen-bond acceptors (Lipinski definition) is 4. The van der Waals surface area contributed by atoms with Crippen LogP contribution in [0.15, 0.2) is 12.2 Å². The minimum absolute atomic E-state index is 0.0243. The van der Waals surface area contributed by atoms with Crippen molar-refractivity contribution in [3.8, 4) is 0 Å². The van der Waals surface area contributed by atoms with Crippen molar-refractivity contribution in [3.05, 3.63) is 19.1 Å². The number of imide groups is 1. The van der Waals surface area contributed by atoms with Crippen LogP contribution in [-0.4, -0.2) is 42.9 Å². The first-order chi connectivity index (χ1) is 9.06. The molecule has 0 aromatic rings. The molecular formula is C14H23N3O2. The summed E-state index contributed by atoms with van der Waals surface area (Å²) in [7, 11) is 0. The second-order valence-corrected chi connectivity index (χ2v) is 4.85. The number of carbonyl (C=O) groups is 2. The average molecular weight is 265 g/mol. The summed E-state index contributed by atoms with van der Waals surface area (Å²) in [5, 5.41) is 3.07. The van der Waals surface area contributed by atoms with Gasteiger partial charge in [0.2, 0.25) is 11.8 Å². The first kappa shape index (κ1) is 15.9. The van der Waals surface area contributed by atoms with Crippen molar-refractivity contribution in [2.75, 3.05) is 26.2 Å². The topological polar surface area (TPSA) is 75.4 Å². The molecule has 2 amide bonds. The molecule has 1 aliphatic heterocycles. The van der Waals surface area contributed by atoms with Gasteiger partial charge in [0, 0.05) is 32.6 Å². The Labute approximate surface area is 115 Å². The molecule has 0 spiro atoms. The summed E-state index contributed by atoms with van der Waals surface area (Å²) in [5.41, 5.74) is 5.35. The second kappa shape index (κ2) is 8.07. The Kier molecular flexibility index (Phi) is 6.73. The summed E-state index contributed by atoms with van der Waals surface area (Å²) in [6, 6.07) is 0. The average Bonchev–Trinajstić information content (AvgIpc) is 2.61. The van der Waals surface area contributed by atoms with Crippen molar-refractivity contribution in [1.29, 1.82) is 0 Å². The molecule has 1 saturated heterocycles. The Morgan fingerprint density at radius 1 is 1.53 bits per heavy atom. The van der Waals surface area contributed by atoms with Gasteiger partial charge in [-0.2, -0.15) is 0 Å². The molecule has 2 radical (unpaired) electrons.